The summed E-state index contributed by atoms with van der Waals surface area (Å²) in [6.45, 7) is 5.80. The predicted octanol–water partition coefficient (Wildman–Crippen LogP) is 1.46. The molecule has 118 valence electrons. The third-order valence-corrected chi connectivity index (χ3v) is 4.21. The van der Waals surface area contributed by atoms with Crippen LogP contribution in [0.5, 0.6) is 0 Å². The van der Waals surface area contributed by atoms with Gasteiger partial charge in [-0.3, -0.25) is 9.69 Å². The highest BCUT2D eigenvalue weighted by Gasteiger charge is 2.36. The van der Waals surface area contributed by atoms with Gasteiger partial charge in [0.2, 0.25) is 0 Å². The molecule has 1 aromatic heterocycles. The zero-order valence-electron chi connectivity index (χ0n) is 12.9. The number of methoxy groups -OCH3 is 1. The van der Waals surface area contributed by atoms with E-state index in [1.54, 1.807) is 7.11 Å². The molecule has 1 aliphatic rings. The average molecular weight is 295 g/mol. The van der Waals surface area contributed by atoms with Gasteiger partial charge in [-0.25, -0.2) is 4.98 Å². The Balaban J connectivity index is 1.97. The van der Waals surface area contributed by atoms with Crippen LogP contribution < -0.4 is 0 Å². The first kappa shape index (κ1) is 16.0. The van der Waals surface area contributed by atoms with Crippen LogP contribution in [0, 0.1) is 11.8 Å². The number of likely N-dealkylation sites (tertiary alicyclic amines) is 1. The second-order valence-electron chi connectivity index (χ2n) is 5.76. The molecule has 21 heavy (non-hydrogen) atoms. The standard InChI is InChI=1S/C15H25N3O3/c1-3-4-12-8-17(10-14(12)15(19)20)9-13-7-16-11-18(13)5-6-21-2/h7,11-12,14H,3-6,8-10H2,1-2H3,(H,19,20)/t12-,14-/m1/s1. The van der Waals surface area contributed by atoms with Crippen molar-refractivity contribution >= 4 is 5.97 Å². The summed E-state index contributed by atoms with van der Waals surface area (Å²) in [6.07, 6.45) is 5.69. The van der Waals surface area contributed by atoms with E-state index in [0.717, 1.165) is 38.2 Å². The Bertz CT molecular complexity index is 461. The summed E-state index contributed by atoms with van der Waals surface area (Å²) in [6, 6.07) is 0. The molecule has 1 saturated heterocycles. The van der Waals surface area contributed by atoms with E-state index in [4.69, 9.17) is 4.74 Å². The van der Waals surface area contributed by atoms with Gasteiger partial charge in [0.05, 0.1) is 24.5 Å². The van der Waals surface area contributed by atoms with Crippen LogP contribution >= 0.6 is 0 Å². The van der Waals surface area contributed by atoms with E-state index in [9.17, 15) is 9.90 Å². The minimum absolute atomic E-state index is 0.236. The van der Waals surface area contributed by atoms with Crippen molar-refractivity contribution < 1.29 is 14.6 Å². The van der Waals surface area contributed by atoms with Crippen molar-refractivity contribution in [3.05, 3.63) is 18.2 Å². The number of hydrogen-bond donors (Lipinski definition) is 1. The van der Waals surface area contributed by atoms with Crippen LogP contribution in [0.2, 0.25) is 0 Å². The summed E-state index contributed by atoms with van der Waals surface area (Å²) >= 11 is 0. The molecule has 6 heteroatoms. The normalized spacial score (nSPS) is 22.8. The molecule has 1 fully saturated rings. The highest BCUT2D eigenvalue weighted by Crippen LogP contribution is 2.28. The number of imidazole rings is 1. The number of aliphatic carboxylic acids is 1. The van der Waals surface area contributed by atoms with Crippen molar-refractivity contribution in [2.75, 3.05) is 26.8 Å². The van der Waals surface area contributed by atoms with Crippen molar-refractivity contribution in [2.45, 2.75) is 32.9 Å². The van der Waals surface area contributed by atoms with Crippen molar-refractivity contribution in [1.29, 1.82) is 0 Å². The second-order valence-corrected chi connectivity index (χ2v) is 5.76. The molecule has 1 aromatic rings. The van der Waals surface area contributed by atoms with Crippen LogP contribution in [0.4, 0.5) is 0 Å². The molecular formula is C15H25N3O3. The summed E-state index contributed by atoms with van der Waals surface area (Å²) in [4.78, 5) is 17.8. The van der Waals surface area contributed by atoms with Crippen molar-refractivity contribution in [3.63, 3.8) is 0 Å². The fourth-order valence-corrected chi connectivity index (χ4v) is 3.13. The molecule has 0 amide bonds. The van der Waals surface area contributed by atoms with Gasteiger partial charge in [-0.2, -0.15) is 0 Å². The Morgan fingerprint density at radius 1 is 1.52 bits per heavy atom. The fraction of sp³-hybridized carbons (Fsp3) is 0.733. The summed E-state index contributed by atoms with van der Waals surface area (Å²) in [5.74, 6) is -0.632. The number of carbonyl (C=O) groups is 1. The van der Waals surface area contributed by atoms with Gasteiger partial charge in [-0.1, -0.05) is 13.3 Å². The van der Waals surface area contributed by atoms with Gasteiger partial charge in [0.25, 0.3) is 0 Å². The average Bonchev–Trinajstić information content (AvgIpc) is 3.04. The van der Waals surface area contributed by atoms with Gasteiger partial charge < -0.3 is 14.4 Å². The lowest BCUT2D eigenvalue weighted by atomic mass is 9.92. The molecule has 0 aliphatic carbocycles. The van der Waals surface area contributed by atoms with Crippen LogP contribution in [0.3, 0.4) is 0 Å². The van der Waals surface area contributed by atoms with Gasteiger partial charge in [0.15, 0.2) is 0 Å². The minimum atomic E-state index is -0.663. The van der Waals surface area contributed by atoms with Gasteiger partial charge in [-0.05, 0) is 12.3 Å². The smallest absolute Gasteiger partial charge is 0.308 e. The van der Waals surface area contributed by atoms with Crippen LogP contribution in [-0.4, -0.2) is 52.3 Å². The zero-order chi connectivity index (χ0) is 15.2. The van der Waals surface area contributed by atoms with Crippen LogP contribution in [0.25, 0.3) is 0 Å². The maximum atomic E-state index is 11.4. The number of ether oxygens (including phenoxy) is 1. The lowest BCUT2D eigenvalue weighted by Crippen LogP contribution is -2.24. The first-order valence-electron chi connectivity index (χ1n) is 7.58. The third-order valence-electron chi connectivity index (χ3n) is 4.21. The summed E-state index contributed by atoms with van der Waals surface area (Å²) < 4.78 is 7.17. The van der Waals surface area contributed by atoms with E-state index >= 15 is 0 Å². The van der Waals surface area contributed by atoms with E-state index in [-0.39, 0.29) is 11.8 Å². The first-order chi connectivity index (χ1) is 10.2. The highest BCUT2D eigenvalue weighted by atomic mass is 16.5. The molecule has 0 saturated carbocycles. The number of carboxylic acids is 1. The number of rotatable bonds is 8. The largest absolute Gasteiger partial charge is 0.481 e. The summed E-state index contributed by atoms with van der Waals surface area (Å²) in [5, 5.41) is 9.36. The molecule has 0 bridgehead atoms. The number of aromatic nitrogens is 2. The molecule has 2 rings (SSSR count). The first-order valence-corrected chi connectivity index (χ1v) is 7.58. The Hall–Kier alpha value is -1.40. The van der Waals surface area contributed by atoms with E-state index in [1.165, 1.54) is 0 Å². The van der Waals surface area contributed by atoms with Crippen LogP contribution in [0.1, 0.15) is 25.5 Å². The summed E-state index contributed by atoms with van der Waals surface area (Å²) in [7, 11) is 1.68. The number of nitrogens with zero attached hydrogens (tertiary/aromatic N) is 3. The lowest BCUT2D eigenvalue weighted by Gasteiger charge is -2.16. The maximum absolute atomic E-state index is 11.4. The molecule has 1 N–H and O–H groups in total. The van der Waals surface area contributed by atoms with Gasteiger partial charge in [0.1, 0.15) is 0 Å². The van der Waals surface area contributed by atoms with Crippen molar-refractivity contribution in [3.8, 4) is 0 Å². The molecule has 2 heterocycles. The molecule has 2 atom stereocenters. The molecule has 0 radical (unpaired) electrons. The van der Waals surface area contributed by atoms with E-state index < -0.39 is 5.97 Å². The van der Waals surface area contributed by atoms with E-state index in [0.29, 0.717) is 13.2 Å². The Morgan fingerprint density at radius 2 is 2.33 bits per heavy atom. The zero-order valence-corrected chi connectivity index (χ0v) is 12.9. The second kappa shape index (κ2) is 7.56. The van der Waals surface area contributed by atoms with Crippen molar-refractivity contribution in [1.82, 2.24) is 14.5 Å². The predicted molar refractivity (Wildman–Crippen MR) is 78.9 cm³/mol. The molecular weight excluding hydrogens is 270 g/mol. The number of carboxylic acid groups (broad SMARTS) is 1. The molecule has 1 aliphatic heterocycles. The Morgan fingerprint density at radius 3 is 3.00 bits per heavy atom. The minimum Gasteiger partial charge on any atom is -0.481 e. The maximum Gasteiger partial charge on any atom is 0.308 e. The number of hydrogen-bond acceptors (Lipinski definition) is 4. The van der Waals surface area contributed by atoms with Gasteiger partial charge >= 0.3 is 5.97 Å². The Kier molecular flexibility index (Phi) is 5.76. The van der Waals surface area contributed by atoms with Gasteiger partial charge in [0, 0.05) is 39.5 Å². The lowest BCUT2D eigenvalue weighted by molar-refractivity contribution is -0.142. The van der Waals surface area contributed by atoms with Crippen LogP contribution in [-0.2, 0) is 22.6 Å². The highest BCUT2D eigenvalue weighted by molar-refractivity contribution is 5.71. The van der Waals surface area contributed by atoms with Crippen LogP contribution in [0.15, 0.2) is 12.5 Å². The fourth-order valence-electron chi connectivity index (χ4n) is 3.13. The molecule has 0 spiro atoms. The molecule has 6 nitrogen and oxygen atoms in total. The molecule has 0 aromatic carbocycles. The summed E-state index contributed by atoms with van der Waals surface area (Å²) in [5.41, 5.74) is 1.12. The SMILES string of the molecule is CCC[C@@H]1CN(Cc2cncn2CCOC)C[C@H]1C(=O)O. The Labute approximate surface area is 125 Å². The quantitative estimate of drug-likeness (QED) is 0.786. The van der Waals surface area contributed by atoms with Crippen molar-refractivity contribution in [2.24, 2.45) is 11.8 Å². The molecule has 0 unspecified atom stereocenters. The van der Waals surface area contributed by atoms with E-state index in [2.05, 4.69) is 21.4 Å². The topological polar surface area (TPSA) is 67.6 Å². The van der Waals surface area contributed by atoms with Gasteiger partial charge in [-0.15, -0.1) is 0 Å². The monoisotopic (exact) mass is 295 g/mol. The van der Waals surface area contributed by atoms with E-state index in [1.807, 2.05) is 12.5 Å². The third kappa shape index (κ3) is 4.04.